The zero-order chi connectivity index (χ0) is 15.9. The van der Waals surface area contributed by atoms with Crippen LogP contribution in [0.4, 0.5) is 0 Å². The van der Waals surface area contributed by atoms with Crippen LogP contribution >= 0.6 is 0 Å². The number of fused-ring (bicyclic) bond motifs is 1. The van der Waals surface area contributed by atoms with Crippen LogP contribution in [0.5, 0.6) is 0 Å². The molecule has 2 aliphatic rings. The second-order valence-electron chi connectivity index (χ2n) is 7.10. The van der Waals surface area contributed by atoms with Gasteiger partial charge in [0.1, 0.15) is 0 Å². The normalized spacial score (nSPS) is 19.4. The van der Waals surface area contributed by atoms with Crippen molar-refractivity contribution in [2.75, 3.05) is 14.1 Å². The van der Waals surface area contributed by atoms with Gasteiger partial charge in [-0.05, 0) is 41.7 Å². The summed E-state index contributed by atoms with van der Waals surface area (Å²) in [5, 5.41) is 0. The van der Waals surface area contributed by atoms with E-state index in [1.807, 2.05) is 0 Å². The molecule has 0 spiro atoms. The zero-order valence-corrected chi connectivity index (χ0v) is 14.3. The maximum Gasteiger partial charge on any atom is 0.0437 e. The monoisotopic (exact) mass is 291 g/mol. The van der Waals surface area contributed by atoms with E-state index in [2.05, 4.69) is 88.3 Å². The number of nitrogens with zero attached hydrogens (tertiary/aromatic N) is 1. The van der Waals surface area contributed by atoms with Gasteiger partial charge in [0.25, 0.3) is 0 Å². The summed E-state index contributed by atoms with van der Waals surface area (Å²) < 4.78 is 0. The molecule has 3 rings (SSSR count). The fourth-order valence-electron chi connectivity index (χ4n) is 3.67. The van der Waals surface area contributed by atoms with E-state index in [9.17, 15) is 0 Å². The SMILES string of the molecule is CC1=C2C(=C(N(C)C)C=CC2(C)C)C(Cc2ccccc2)=C1. The Labute approximate surface area is 134 Å². The molecule has 0 bridgehead atoms. The number of benzene rings is 1. The van der Waals surface area contributed by atoms with Gasteiger partial charge < -0.3 is 4.90 Å². The van der Waals surface area contributed by atoms with Crippen LogP contribution in [-0.2, 0) is 6.42 Å². The molecule has 0 aromatic heterocycles. The first kappa shape index (κ1) is 14.9. The fraction of sp³-hybridized carbons (Fsp3) is 0.333. The Kier molecular flexibility index (Phi) is 3.60. The predicted octanol–water partition coefficient (Wildman–Crippen LogP) is 4.90. The number of allylic oxidation sites excluding steroid dienone is 7. The summed E-state index contributed by atoms with van der Waals surface area (Å²) >= 11 is 0. The molecule has 114 valence electrons. The van der Waals surface area contributed by atoms with Crippen LogP contribution in [0.25, 0.3) is 0 Å². The van der Waals surface area contributed by atoms with E-state index in [0.717, 1.165) is 6.42 Å². The van der Waals surface area contributed by atoms with Crippen molar-refractivity contribution in [2.45, 2.75) is 27.2 Å². The second kappa shape index (κ2) is 5.31. The van der Waals surface area contributed by atoms with Gasteiger partial charge in [0.2, 0.25) is 0 Å². The Morgan fingerprint density at radius 3 is 2.36 bits per heavy atom. The van der Waals surface area contributed by atoms with Crippen molar-refractivity contribution in [3.05, 3.63) is 82.1 Å². The third kappa shape index (κ3) is 2.45. The molecule has 0 atom stereocenters. The molecule has 0 aliphatic heterocycles. The maximum absolute atomic E-state index is 2.38. The number of likely N-dealkylation sites (N-methyl/N-ethyl adjacent to an activating group) is 1. The summed E-state index contributed by atoms with van der Waals surface area (Å²) in [6, 6.07) is 10.8. The highest BCUT2D eigenvalue weighted by Crippen LogP contribution is 2.48. The number of hydrogen-bond donors (Lipinski definition) is 0. The number of hydrogen-bond acceptors (Lipinski definition) is 1. The Morgan fingerprint density at radius 2 is 1.73 bits per heavy atom. The highest BCUT2D eigenvalue weighted by molar-refractivity contribution is 5.67. The predicted molar refractivity (Wildman–Crippen MR) is 94.6 cm³/mol. The Bertz CT molecular complexity index is 710. The summed E-state index contributed by atoms with van der Waals surface area (Å²) in [5.74, 6) is 0. The van der Waals surface area contributed by atoms with E-state index in [1.54, 1.807) is 0 Å². The van der Waals surface area contributed by atoms with Crippen LogP contribution in [0.3, 0.4) is 0 Å². The molecule has 1 heteroatoms. The molecule has 0 radical (unpaired) electrons. The maximum atomic E-state index is 2.38. The van der Waals surface area contributed by atoms with Crippen molar-refractivity contribution in [1.82, 2.24) is 4.90 Å². The van der Waals surface area contributed by atoms with Gasteiger partial charge >= 0.3 is 0 Å². The summed E-state index contributed by atoms with van der Waals surface area (Å²) in [7, 11) is 4.27. The highest BCUT2D eigenvalue weighted by Gasteiger charge is 2.35. The van der Waals surface area contributed by atoms with Crippen molar-refractivity contribution in [2.24, 2.45) is 5.41 Å². The van der Waals surface area contributed by atoms with E-state index in [0.29, 0.717) is 0 Å². The average Bonchev–Trinajstić information content (AvgIpc) is 2.77. The molecule has 0 fully saturated rings. The Hall–Kier alpha value is -2.02. The lowest BCUT2D eigenvalue weighted by Gasteiger charge is -2.33. The number of rotatable bonds is 3. The summed E-state index contributed by atoms with van der Waals surface area (Å²) in [6.45, 7) is 6.88. The fourth-order valence-corrected chi connectivity index (χ4v) is 3.67. The van der Waals surface area contributed by atoms with Crippen LogP contribution < -0.4 is 0 Å². The van der Waals surface area contributed by atoms with E-state index < -0.39 is 0 Å². The molecule has 0 unspecified atom stereocenters. The molecule has 22 heavy (non-hydrogen) atoms. The van der Waals surface area contributed by atoms with Gasteiger partial charge in [-0.2, -0.15) is 0 Å². The molecule has 1 nitrogen and oxygen atoms in total. The molecule has 0 saturated heterocycles. The average molecular weight is 291 g/mol. The van der Waals surface area contributed by atoms with Gasteiger partial charge in [-0.3, -0.25) is 0 Å². The van der Waals surface area contributed by atoms with Crippen LogP contribution in [0.15, 0.2) is 76.5 Å². The first-order chi connectivity index (χ1) is 10.4. The zero-order valence-electron chi connectivity index (χ0n) is 14.3. The quantitative estimate of drug-likeness (QED) is 0.766. The van der Waals surface area contributed by atoms with Gasteiger partial charge in [-0.1, -0.05) is 56.3 Å². The third-order valence-electron chi connectivity index (χ3n) is 4.63. The van der Waals surface area contributed by atoms with E-state index in [-0.39, 0.29) is 5.41 Å². The van der Waals surface area contributed by atoms with Gasteiger partial charge in [0, 0.05) is 30.8 Å². The lowest BCUT2D eigenvalue weighted by Crippen LogP contribution is -2.23. The van der Waals surface area contributed by atoms with Crippen LogP contribution in [0, 0.1) is 5.41 Å². The smallest absolute Gasteiger partial charge is 0.0437 e. The van der Waals surface area contributed by atoms with E-state index in [1.165, 1.54) is 33.6 Å². The van der Waals surface area contributed by atoms with Crippen molar-refractivity contribution in [1.29, 1.82) is 0 Å². The molecule has 0 saturated carbocycles. The Morgan fingerprint density at radius 1 is 1.05 bits per heavy atom. The minimum atomic E-state index is 0.105. The molecule has 0 heterocycles. The summed E-state index contributed by atoms with van der Waals surface area (Å²) in [5.41, 5.74) is 8.60. The molecular formula is C21H25N. The standard InChI is InChI=1S/C21H25N/c1-15-13-17(14-16-9-7-6-8-10-16)19-18(22(4)5)11-12-21(2,3)20(15)19/h6-13H,14H2,1-5H3. The van der Waals surface area contributed by atoms with Gasteiger partial charge in [-0.25, -0.2) is 0 Å². The van der Waals surface area contributed by atoms with Crippen LogP contribution in [0.1, 0.15) is 26.3 Å². The van der Waals surface area contributed by atoms with E-state index >= 15 is 0 Å². The molecule has 1 aromatic rings. The third-order valence-corrected chi connectivity index (χ3v) is 4.63. The Balaban J connectivity index is 2.07. The van der Waals surface area contributed by atoms with Crippen LogP contribution in [0.2, 0.25) is 0 Å². The summed E-state index contributed by atoms with van der Waals surface area (Å²) in [4.78, 5) is 2.23. The molecule has 1 aromatic carbocycles. The molecular weight excluding hydrogens is 266 g/mol. The van der Waals surface area contributed by atoms with E-state index in [4.69, 9.17) is 0 Å². The van der Waals surface area contributed by atoms with Crippen molar-refractivity contribution in [3.63, 3.8) is 0 Å². The van der Waals surface area contributed by atoms with Gasteiger partial charge in [0.05, 0.1) is 0 Å². The molecule has 2 aliphatic carbocycles. The topological polar surface area (TPSA) is 3.24 Å². The van der Waals surface area contributed by atoms with Crippen LogP contribution in [-0.4, -0.2) is 19.0 Å². The minimum absolute atomic E-state index is 0.105. The highest BCUT2D eigenvalue weighted by atomic mass is 15.1. The summed E-state index contributed by atoms with van der Waals surface area (Å²) in [6.07, 6.45) is 8.01. The first-order valence-electron chi connectivity index (χ1n) is 7.97. The lowest BCUT2D eigenvalue weighted by atomic mass is 9.74. The second-order valence-corrected chi connectivity index (χ2v) is 7.10. The van der Waals surface area contributed by atoms with Crippen molar-refractivity contribution >= 4 is 0 Å². The van der Waals surface area contributed by atoms with Crippen molar-refractivity contribution in [3.8, 4) is 0 Å². The van der Waals surface area contributed by atoms with Crippen molar-refractivity contribution < 1.29 is 0 Å². The minimum Gasteiger partial charge on any atom is -0.377 e. The van der Waals surface area contributed by atoms with Gasteiger partial charge in [-0.15, -0.1) is 0 Å². The lowest BCUT2D eigenvalue weighted by molar-refractivity contribution is 0.501. The first-order valence-corrected chi connectivity index (χ1v) is 7.97. The molecule has 0 amide bonds. The van der Waals surface area contributed by atoms with Gasteiger partial charge in [0.15, 0.2) is 0 Å². The largest absolute Gasteiger partial charge is 0.377 e. The molecule has 0 N–H and O–H groups in total.